The van der Waals surface area contributed by atoms with Crippen molar-refractivity contribution in [1.29, 1.82) is 0 Å². The number of aldehydes is 1. The van der Waals surface area contributed by atoms with Crippen molar-refractivity contribution in [3.63, 3.8) is 0 Å². The molecule has 2 atom stereocenters. The monoisotopic (exact) mass is 367 g/mol. The third kappa shape index (κ3) is 6.12. The van der Waals surface area contributed by atoms with E-state index in [9.17, 15) is 14.6 Å². The lowest BCUT2D eigenvalue weighted by Crippen LogP contribution is -2.42. The minimum Gasteiger partial charge on any atom is -0.423 e. The van der Waals surface area contributed by atoms with Crippen LogP contribution < -0.4 is 22.2 Å². The van der Waals surface area contributed by atoms with Gasteiger partial charge in [-0.2, -0.15) is 11.8 Å². The fraction of sp³-hybridized carbons (Fsp3) is 0.500. The number of nitrogens with one attached hydrogen (secondary N) is 1. The summed E-state index contributed by atoms with van der Waals surface area (Å²) >= 11 is 1.59. The molecular weight excluding hydrogens is 341 g/mol. The Morgan fingerprint density at radius 1 is 1.52 bits per heavy atom. The summed E-state index contributed by atoms with van der Waals surface area (Å²) in [5, 5.41) is 12.6. The zero-order valence-corrected chi connectivity index (χ0v) is 15.4. The summed E-state index contributed by atoms with van der Waals surface area (Å²) in [6, 6.07) is 4.84. The number of amides is 1. The van der Waals surface area contributed by atoms with Gasteiger partial charge >= 0.3 is 7.12 Å². The summed E-state index contributed by atoms with van der Waals surface area (Å²) < 4.78 is 5.12. The molecule has 0 spiro atoms. The SMILES string of the molecule is CN.CSCC(C=O)CC(CN)NC(=O)c1ccc2c(c1)B(O)OC2. The largest absolute Gasteiger partial charge is 0.491 e. The molecular formula is C16H26BN3O4S. The van der Waals surface area contributed by atoms with Crippen LogP contribution in [0.1, 0.15) is 22.3 Å². The molecule has 1 aliphatic heterocycles. The Morgan fingerprint density at radius 2 is 2.24 bits per heavy atom. The maximum atomic E-state index is 12.4. The fourth-order valence-corrected chi connectivity index (χ4v) is 3.22. The molecule has 2 rings (SSSR count). The quantitative estimate of drug-likeness (QED) is 0.346. The van der Waals surface area contributed by atoms with Crippen LogP contribution in [0.25, 0.3) is 0 Å². The highest BCUT2D eigenvalue weighted by molar-refractivity contribution is 7.98. The minimum absolute atomic E-state index is 0.130. The zero-order valence-electron chi connectivity index (χ0n) is 14.6. The van der Waals surface area contributed by atoms with Crippen molar-refractivity contribution in [3.8, 4) is 0 Å². The minimum atomic E-state index is -0.982. The van der Waals surface area contributed by atoms with E-state index in [-0.39, 0.29) is 24.4 Å². The molecule has 0 aromatic heterocycles. The van der Waals surface area contributed by atoms with Crippen molar-refractivity contribution in [2.45, 2.75) is 19.1 Å². The number of carbonyl (C=O) groups is 2. The molecule has 2 unspecified atom stereocenters. The Kier molecular flexibility index (Phi) is 9.77. The van der Waals surface area contributed by atoms with Crippen LogP contribution in [-0.4, -0.2) is 56.0 Å². The number of hydrogen-bond donors (Lipinski definition) is 4. The molecule has 1 aromatic rings. The van der Waals surface area contributed by atoms with E-state index in [1.165, 1.54) is 7.05 Å². The number of fused-ring (bicyclic) bond motifs is 1. The number of rotatable bonds is 8. The molecule has 0 saturated heterocycles. The topological polar surface area (TPSA) is 128 Å². The number of benzene rings is 1. The van der Waals surface area contributed by atoms with Crippen molar-refractivity contribution < 1.29 is 19.3 Å². The smallest absolute Gasteiger partial charge is 0.423 e. The Bertz CT molecular complexity index is 576. The van der Waals surface area contributed by atoms with Gasteiger partial charge in [0.15, 0.2) is 0 Å². The first-order valence-electron chi connectivity index (χ1n) is 8.04. The van der Waals surface area contributed by atoms with Gasteiger partial charge in [0.2, 0.25) is 0 Å². The van der Waals surface area contributed by atoms with Gasteiger partial charge in [0.05, 0.1) is 6.61 Å². The van der Waals surface area contributed by atoms with Crippen LogP contribution in [0.15, 0.2) is 18.2 Å². The lowest BCUT2D eigenvalue weighted by molar-refractivity contribution is -0.110. The van der Waals surface area contributed by atoms with Crippen LogP contribution in [0, 0.1) is 5.92 Å². The summed E-state index contributed by atoms with van der Waals surface area (Å²) in [5.41, 5.74) is 12.2. The first-order valence-corrected chi connectivity index (χ1v) is 9.43. The molecule has 1 aromatic carbocycles. The van der Waals surface area contributed by atoms with Crippen LogP contribution in [0.4, 0.5) is 0 Å². The summed E-state index contributed by atoms with van der Waals surface area (Å²) in [5.74, 6) is 0.309. The second-order valence-electron chi connectivity index (χ2n) is 5.57. The molecule has 0 saturated carbocycles. The van der Waals surface area contributed by atoms with Crippen molar-refractivity contribution in [2.75, 3.05) is 25.6 Å². The van der Waals surface area contributed by atoms with Gasteiger partial charge in [-0.15, -0.1) is 0 Å². The number of carbonyl (C=O) groups excluding carboxylic acids is 2. The third-order valence-corrected chi connectivity index (χ3v) is 4.61. The second-order valence-corrected chi connectivity index (χ2v) is 6.48. The predicted molar refractivity (Wildman–Crippen MR) is 102 cm³/mol. The molecule has 6 N–H and O–H groups in total. The Labute approximate surface area is 153 Å². The third-order valence-electron chi connectivity index (χ3n) is 3.85. The van der Waals surface area contributed by atoms with Crippen LogP contribution in [0.3, 0.4) is 0 Å². The van der Waals surface area contributed by atoms with E-state index in [2.05, 4.69) is 11.1 Å². The Morgan fingerprint density at radius 3 is 2.84 bits per heavy atom. The normalized spacial score (nSPS) is 14.8. The molecule has 0 bridgehead atoms. The molecule has 1 aliphatic rings. The lowest BCUT2D eigenvalue weighted by Gasteiger charge is -2.20. The maximum Gasteiger partial charge on any atom is 0.491 e. The highest BCUT2D eigenvalue weighted by atomic mass is 32.2. The maximum absolute atomic E-state index is 12.4. The molecule has 138 valence electrons. The number of thioether (sulfide) groups is 1. The van der Waals surface area contributed by atoms with Crippen molar-refractivity contribution in [3.05, 3.63) is 29.3 Å². The number of nitrogens with two attached hydrogens (primary N) is 2. The fourth-order valence-electron chi connectivity index (χ4n) is 2.58. The van der Waals surface area contributed by atoms with Crippen molar-refractivity contribution in [1.82, 2.24) is 5.32 Å². The molecule has 1 amide bonds. The standard InChI is InChI=1S/C15H21BN2O4S.CH5N/c1-23-9-10(7-19)4-13(6-17)18-15(20)11-2-3-12-8-22-16(21)14(12)5-11;1-2/h2-3,5,7,10,13,21H,4,6,8-9,17H2,1H3,(H,18,20);2H2,1H3. The van der Waals surface area contributed by atoms with Crippen LogP contribution >= 0.6 is 11.8 Å². The highest BCUT2D eigenvalue weighted by Crippen LogP contribution is 2.13. The number of hydrogen-bond acceptors (Lipinski definition) is 7. The van der Waals surface area contributed by atoms with Gasteiger partial charge in [0.25, 0.3) is 5.91 Å². The van der Waals surface area contributed by atoms with Gasteiger partial charge in [-0.1, -0.05) is 6.07 Å². The van der Waals surface area contributed by atoms with Gasteiger partial charge in [0, 0.05) is 29.8 Å². The zero-order chi connectivity index (χ0) is 18.8. The van der Waals surface area contributed by atoms with E-state index in [4.69, 9.17) is 10.4 Å². The first-order chi connectivity index (χ1) is 12.1. The molecule has 25 heavy (non-hydrogen) atoms. The highest BCUT2D eigenvalue weighted by Gasteiger charge is 2.28. The van der Waals surface area contributed by atoms with E-state index < -0.39 is 7.12 Å². The lowest BCUT2D eigenvalue weighted by atomic mass is 9.78. The van der Waals surface area contributed by atoms with E-state index in [0.717, 1.165) is 11.8 Å². The second kappa shape index (κ2) is 11.3. The molecule has 0 radical (unpaired) electrons. The summed E-state index contributed by atoms with van der Waals surface area (Å²) in [4.78, 5) is 23.4. The Hall–Kier alpha value is -1.39. The van der Waals surface area contributed by atoms with Gasteiger partial charge in [0.1, 0.15) is 6.29 Å². The molecule has 0 aliphatic carbocycles. The summed E-state index contributed by atoms with van der Waals surface area (Å²) in [6.07, 6.45) is 3.36. The molecule has 7 nitrogen and oxygen atoms in total. The van der Waals surface area contributed by atoms with E-state index in [1.807, 2.05) is 6.26 Å². The first kappa shape index (κ1) is 21.7. The molecule has 1 heterocycles. The van der Waals surface area contributed by atoms with Crippen LogP contribution in [0.2, 0.25) is 0 Å². The van der Waals surface area contributed by atoms with Crippen LogP contribution in [-0.2, 0) is 16.1 Å². The van der Waals surface area contributed by atoms with Crippen molar-refractivity contribution in [2.24, 2.45) is 17.4 Å². The van der Waals surface area contributed by atoms with E-state index in [0.29, 0.717) is 29.8 Å². The van der Waals surface area contributed by atoms with Gasteiger partial charge in [-0.05, 0) is 42.9 Å². The van der Waals surface area contributed by atoms with Crippen molar-refractivity contribution >= 4 is 36.5 Å². The average molecular weight is 367 g/mol. The molecule has 9 heteroatoms. The summed E-state index contributed by atoms with van der Waals surface area (Å²) in [7, 11) is 0.518. The van der Waals surface area contributed by atoms with E-state index >= 15 is 0 Å². The van der Waals surface area contributed by atoms with Gasteiger partial charge < -0.3 is 31.3 Å². The Balaban J connectivity index is 0.00000151. The average Bonchev–Trinajstić information content (AvgIpc) is 3.02. The predicted octanol–water partition coefficient (Wildman–Crippen LogP) is -0.895. The van der Waals surface area contributed by atoms with Crippen LogP contribution in [0.5, 0.6) is 0 Å². The summed E-state index contributed by atoms with van der Waals surface area (Å²) in [6.45, 7) is 0.612. The van der Waals surface area contributed by atoms with Gasteiger partial charge in [-0.25, -0.2) is 0 Å². The van der Waals surface area contributed by atoms with Gasteiger partial charge in [-0.3, -0.25) is 4.79 Å². The molecule has 0 fully saturated rings. The van der Waals surface area contributed by atoms with E-state index in [1.54, 1.807) is 30.0 Å².